The first-order valence-corrected chi connectivity index (χ1v) is 4.28. The van der Waals surface area contributed by atoms with Gasteiger partial charge in [-0.05, 0) is 24.6 Å². The second kappa shape index (κ2) is 3.18. The van der Waals surface area contributed by atoms with Crippen molar-refractivity contribution in [2.75, 3.05) is 0 Å². The van der Waals surface area contributed by atoms with Crippen LogP contribution in [0.2, 0.25) is 5.02 Å². The van der Waals surface area contributed by atoms with Crippen molar-refractivity contribution in [2.24, 2.45) is 0 Å². The predicted molar refractivity (Wildman–Crippen MR) is 51.1 cm³/mol. The van der Waals surface area contributed by atoms with E-state index in [1.54, 1.807) is 17.1 Å². The molecule has 66 valence electrons. The second-order valence-corrected chi connectivity index (χ2v) is 3.14. The van der Waals surface area contributed by atoms with Crippen LogP contribution in [0.15, 0.2) is 30.6 Å². The van der Waals surface area contributed by atoms with Crippen LogP contribution < -0.4 is 0 Å². The first kappa shape index (κ1) is 8.26. The van der Waals surface area contributed by atoms with Gasteiger partial charge in [0, 0.05) is 5.02 Å². The Balaban J connectivity index is 2.59. The normalized spacial score (nSPS) is 10.3. The van der Waals surface area contributed by atoms with Gasteiger partial charge in [0.25, 0.3) is 0 Å². The molecule has 0 saturated carbocycles. The first-order chi connectivity index (χ1) is 6.29. The Kier molecular flexibility index (Phi) is 2.02. The van der Waals surface area contributed by atoms with Crippen LogP contribution in [0.5, 0.6) is 0 Å². The number of benzene rings is 1. The van der Waals surface area contributed by atoms with Gasteiger partial charge < -0.3 is 0 Å². The summed E-state index contributed by atoms with van der Waals surface area (Å²) >= 11 is 5.97. The van der Waals surface area contributed by atoms with Gasteiger partial charge in [-0.1, -0.05) is 22.9 Å². The molecule has 0 N–H and O–H groups in total. The summed E-state index contributed by atoms with van der Waals surface area (Å²) in [7, 11) is 0. The maximum absolute atomic E-state index is 5.97. The van der Waals surface area contributed by atoms with E-state index in [0.717, 1.165) is 16.3 Å². The molecule has 0 unspecified atom stereocenters. The highest BCUT2D eigenvalue weighted by Crippen LogP contribution is 2.20. The molecule has 0 aliphatic rings. The fourth-order valence-corrected chi connectivity index (χ4v) is 1.35. The van der Waals surface area contributed by atoms with Crippen molar-refractivity contribution in [3.63, 3.8) is 0 Å². The first-order valence-electron chi connectivity index (χ1n) is 3.91. The van der Waals surface area contributed by atoms with Crippen LogP contribution in [-0.4, -0.2) is 15.0 Å². The molecule has 0 aliphatic heterocycles. The lowest BCUT2D eigenvalue weighted by atomic mass is 10.2. The summed E-state index contributed by atoms with van der Waals surface area (Å²) < 4.78 is 1.70. The minimum absolute atomic E-state index is 0.744. The van der Waals surface area contributed by atoms with Crippen LogP contribution in [0.1, 0.15) is 5.56 Å². The molecule has 0 atom stereocenters. The number of aromatic nitrogens is 3. The van der Waals surface area contributed by atoms with E-state index in [1.165, 1.54) is 0 Å². The second-order valence-electron chi connectivity index (χ2n) is 2.73. The van der Waals surface area contributed by atoms with Crippen LogP contribution in [0.3, 0.4) is 0 Å². The molecule has 0 aliphatic carbocycles. The van der Waals surface area contributed by atoms with E-state index < -0.39 is 0 Å². The van der Waals surface area contributed by atoms with Gasteiger partial charge in [-0.15, -0.1) is 5.10 Å². The predicted octanol–water partition coefficient (Wildman–Crippen LogP) is 2.23. The zero-order valence-electron chi connectivity index (χ0n) is 7.11. The lowest BCUT2D eigenvalue weighted by Gasteiger charge is -2.05. The standard InChI is InChI=1S/C9H8ClN3/c1-7-8(10)3-2-4-9(7)13-6-5-11-12-13/h2-6H,1H3. The Bertz CT molecular complexity index is 409. The lowest BCUT2D eigenvalue weighted by Crippen LogP contribution is -1.97. The van der Waals surface area contributed by atoms with Crippen LogP contribution in [-0.2, 0) is 0 Å². The third kappa shape index (κ3) is 1.42. The monoisotopic (exact) mass is 193 g/mol. The lowest BCUT2D eigenvalue weighted by molar-refractivity contribution is 0.798. The molecule has 0 saturated heterocycles. The van der Waals surface area contributed by atoms with Gasteiger partial charge >= 0.3 is 0 Å². The van der Waals surface area contributed by atoms with E-state index >= 15 is 0 Å². The number of halogens is 1. The van der Waals surface area contributed by atoms with E-state index in [-0.39, 0.29) is 0 Å². The molecule has 0 bridgehead atoms. The maximum Gasteiger partial charge on any atom is 0.0707 e. The summed E-state index contributed by atoms with van der Waals surface area (Å²) in [5.74, 6) is 0. The summed E-state index contributed by atoms with van der Waals surface area (Å²) in [6.45, 7) is 1.96. The number of rotatable bonds is 1. The van der Waals surface area contributed by atoms with Gasteiger partial charge in [-0.3, -0.25) is 0 Å². The molecule has 0 radical (unpaired) electrons. The van der Waals surface area contributed by atoms with Crippen molar-refractivity contribution < 1.29 is 0 Å². The highest BCUT2D eigenvalue weighted by molar-refractivity contribution is 6.31. The number of nitrogens with zero attached hydrogens (tertiary/aromatic N) is 3. The molecule has 1 aromatic carbocycles. The van der Waals surface area contributed by atoms with Crippen LogP contribution in [0, 0.1) is 6.92 Å². The van der Waals surface area contributed by atoms with Gasteiger partial charge in [0.05, 0.1) is 18.1 Å². The maximum atomic E-state index is 5.97. The van der Waals surface area contributed by atoms with Crippen molar-refractivity contribution in [3.05, 3.63) is 41.2 Å². The van der Waals surface area contributed by atoms with Gasteiger partial charge in [-0.2, -0.15) is 0 Å². The average Bonchev–Trinajstić information content (AvgIpc) is 2.62. The van der Waals surface area contributed by atoms with E-state index in [0.29, 0.717) is 0 Å². The summed E-state index contributed by atoms with van der Waals surface area (Å²) in [5, 5.41) is 8.38. The number of hydrogen-bond donors (Lipinski definition) is 0. The van der Waals surface area contributed by atoms with E-state index in [1.807, 2.05) is 25.1 Å². The van der Waals surface area contributed by atoms with Crippen LogP contribution >= 0.6 is 11.6 Å². The largest absolute Gasteiger partial charge is 0.220 e. The van der Waals surface area contributed by atoms with Crippen molar-refractivity contribution in [1.82, 2.24) is 15.0 Å². The van der Waals surface area contributed by atoms with E-state index in [4.69, 9.17) is 11.6 Å². The Morgan fingerprint density at radius 3 is 2.92 bits per heavy atom. The SMILES string of the molecule is Cc1c(Cl)cccc1-n1ccnn1. The molecule has 0 fully saturated rings. The van der Waals surface area contributed by atoms with Gasteiger partial charge in [0.2, 0.25) is 0 Å². The van der Waals surface area contributed by atoms with Crippen molar-refractivity contribution in [2.45, 2.75) is 6.92 Å². The summed E-state index contributed by atoms with van der Waals surface area (Å²) in [6.07, 6.45) is 3.43. The van der Waals surface area contributed by atoms with Crippen molar-refractivity contribution in [1.29, 1.82) is 0 Å². The Morgan fingerprint density at radius 2 is 2.23 bits per heavy atom. The highest BCUT2D eigenvalue weighted by atomic mass is 35.5. The van der Waals surface area contributed by atoms with Gasteiger partial charge in [0.1, 0.15) is 0 Å². The average molecular weight is 194 g/mol. The van der Waals surface area contributed by atoms with Crippen LogP contribution in [0.4, 0.5) is 0 Å². The minimum Gasteiger partial charge on any atom is -0.220 e. The minimum atomic E-state index is 0.744. The molecule has 2 rings (SSSR count). The summed E-state index contributed by atoms with van der Waals surface area (Å²) in [6, 6.07) is 5.71. The molecule has 0 spiro atoms. The zero-order valence-corrected chi connectivity index (χ0v) is 7.86. The molecule has 13 heavy (non-hydrogen) atoms. The van der Waals surface area contributed by atoms with E-state index in [9.17, 15) is 0 Å². The van der Waals surface area contributed by atoms with Gasteiger partial charge in [0.15, 0.2) is 0 Å². The highest BCUT2D eigenvalue weighted by Gasteiger charge is 2.03. The summed E-state index contributed by atoms with van der Waals surface area (Å²) in [5.41, 5.74) is 1.97. The third-order valence-electron chi connectivity index (χ3n) is 1.91. The molecule has 1 aromatic heterocycles. The molecule has 4 heteroatoms. The molecule has 1 heterocycles. The zero-order chi connectivity index (χ0) is 9.26. The Hall–Kier alpha value is -1.35. The molecule has 3 nitrogen and oxygen atoms in total. The Labute approximate surface area is 81.0 Å². The third-order valence-corrected chi connectivity index (χ3v) is 2.32. The van der Waals surface area contributed by atoms with Crippen molar-refractivity contribution >= 4 is 11.6 Å². The van der Waals surface area contributed by atoms with E-state index in [2.05, 4.69) is 10.3 Å². The van der Waals surface area contributed by atoms with Crippen LogP contribution in [0.25, 0.3) is 5.69 Å². The molecular formula is C9H8ClN3. The fraction of sp³-hybridized carbons (Fsp3) is 0.111. The molecule has 0 amide bonds. The fourth-order valence-electron chi connectivity index (χ4n) is 1.18. The van der Waals surface area contributed by atoms with Gasteiger partial charge in [-0.25, -0.2) is 4.68 Å². The topological polar surface area (TPSA) is 30.7 Å². The molecule has 2 aromatic rings. The van der Waals surface area contributed by atoms with Crippen molar-refractivity contribution in [3.8, 4) is 5.69 Å². The number of hydrogen-bond acceptors (Lipinski definition) is 2. The molecular weight excluding hydrogens is 186 g/mol. The summed E-state index contributed by atoms with van der Waals surface area (Å²) in [4.78, 5) is 0. The quantitative estimate of drug-likeness (QED) is 0.696. The Morgan fingerprint density at radius 1 is 1.38 bits per heavy atom. The smallest absolute Gasteiger partial charge is 0.0707 e.